The predicted molar refractivity (Wildman–Crippen MR) is 110 cm³/mol. The zero-order chi connectivity index (χ0) is 22.0. The molecule has 10 nitrogen and oxygen atoms in total. The Morgan fingerprint density at radius 2 is 1.87 bits per heavy atom. The van der Waals surface area contributed by atoms with Crippen LogP contribution in [0.3, 0.4) is 0 Å². The summed E-state index contributed by atoms with van der Waals surface area (Å²) in [4.78, 5) is 34.9. The monoisotopic (exact) mass is 427 g/mol. The first kappa shape index (κ1) is 20.5. The summed E-state index contributed by atoms with van der Waals surface area (Å²) in [6, 6.07) is 8.84. The quantitative estimate of drug-likeness (QED) is 0.407. The second-order valence-corrected chi connectivity index (χ2v) is 7.34. The number of rotatable bonds is 6. The zero-order valence-electron chi connectivity index (χ0n) is 16.8. The van der Waals surface area contributed by atoms with Crippen molar-refractivity contribution in [2.24, 2.45) is 0 Å². The molecule has 2 aromatic carbocycles. The van der Waals surface area contributed by atoms with Crippen LogP contribution in [0.15, 0.2) is 36.4 Å². The minimum atomic E-state index is -0.850. The van der Waals surface area contributed by atoms with Gasteiger partial charge in [0.15, 0.2) is 18.1 Å². The molecule has 2 aliphatic rings. The average molecular weight is 427 g/mol. The SMILES string of the molecule is CNc1ccc([N+](=O)[O-])cc1C(=O)OCC(=O)Nc1ccc2c(c1)OC1(CCCC1)O2. The molecule has 1 saturated carbocycles. The molecular formula is C21H21N3O7. The third kappa shape index (κ3) is 4.23. The molecule has 4 rings (SSSR count). The Balaban J connectivity index is 1.37. The Kier molecular flexibility index (Phi) is 5.37. The van der Waals surface area contributed by atoms with E-state index in [1.165, 1.54) is 12.1 Å². The second kappa shape index (κ2) is 8.13. The number of ether oxygens (including phenoxy) is 3. The number of hydrogen-bond donors (Lipinski definition) is 2. The number of benzene rings is 2. The summed E-state index contributed by atoms with van der Waals surface area (Å²) < 4.78 is 16.9. The summed E-state index contributed by atoms with van der Waals surface area (Å²) in [5.41, 5.74) is 0.544. The fourth-order valence-electron chi connectivity index (χ4n) is 3.73. The van der Waals surface area contributed by atoms with Crippen molar-refractivity contribution in [3.63, 3.8) is 0 Å². The molecule has 31 heavy (non-hydrogen) atoms. The minimum absolute atomic E-state index is 0.0329. The summed E-state index contributed by atoms with van der Waals surface area (Å²) in [6.07, 6.45) is 3.74. The molecule has 1 fully saturated rings. The van der Waals surface area contributed by atoms with Crippen LogP contribution >= 0.6 is 0 Å². The molecule has 2 aromatic rings. The summed E-state index contributed by atoms with van der Waals surface area (Å²) in [5.74, 6) is -0.802. The van der Waals surface area contributed by atoms with E-state index in [4.69, 9.17) is 14.2 Å². The van der Waals surface area contributed by atoms with Gasteiger partial charge in [-0.2, -0.15) is 0 Å². The van der Waals surface area contributed by atoms with Gasteiger partial charge in [-0.05, 0) is 31.0 Å². The maximum Gasteiger partial charge on any atom is 0.341 e. The summed E-state index contributed by atoms with van der Waals surface area (Å²) in [7, 11) is 1.57. The fraction of sp³-hybridized carbons (Fsp3) is 0.333. The molecular weight excluding hydrogens is 406 g/mol. The van der Waals surface area contributed by atoms with E-state index >= 15 is 0 Å². The summed E-state index contributed by atoms with van der Waals surface area (Å²) in [6.45, 7) is -0.553. The summed E-state index contributed by atoms with van der Waals surface area (Å²) in [5, 5.41) is 16.4. The van der Waals surface area contributed by atoms with Gasteiger partial charge in [0.05, 0.1) is 10.5 Å². The van der Waals surface area contributed by atoms with Crippen LogP contribution in [-0.4, -0.2) is 36.2 Å². The number of hydrogen-bond acceptors (Lipinski definition) is 8. The van der Waals surface area contributed by atoms with Gasteiger partial charge in [0.25, 0.3) is 17.4 Å². The van der Waals surface area contributed by atoms with Crippen LogP contribution in [0.2, 0.25) is 0 Å². The largest absolute Gasteiger partial charge is 0.452 e. The van der Waals surface area contributed by atoms with Crippen molar-refractivity contribution in [3.8, 4) is 11.5 Å². The van der Waals surface area contributed by atoms with Gasteiger partial charge in [0.2, 0.25) is 0 Å². The molecule has 1 aliphatic heterocycles. The number of nitrogens with zero attached hydrogens (tertiary/aromatic N) is 1. The van der Waals surface area contributed by atoms with Gasteiger partial charge in [0.1, 0.15) is 0 Å². The molecule has 1 amide bonds. The Morgan fingerprint density at radius 1 is 1.13 bits per heavy atom. The first-order valence-electron chi connectivity index (χ1n) is 9.84. The molecule has 0 radical (unpaired) electrons. The van der Waals surface area contributed by atoms with E-state index in [1.807, 2.05) is 0 Å². The number of nitro benzene ring substituents is 1. The molecule has 0 unspecified atom stereocenters. The first-order chi connectivity index (χ1) is 14.9. The maximum atomic E-state index is 12.4. The van der Waals surface area contributed by atoms with Gasteiger partial charge in [-0.3, -0.25) is 14.9 Å². The molecule has 0 saturated heterocycles. The van der Waals surface area contributed by atoms with Gasteiger partial charge in [-0.1, -0.05) is 0 Å². The molecule has 162 valence electrons. The van der Waals surface area contributed by atoms with E-state index in [-0.39, 0.29) is 11.3 Å². The first-order valence-corrected chi connectivity index (χ1v) is 9.84. The number of nitro groups is 1. The van der Waals surface area contributed by atoms with Crippen molar-refractivity contribution < 1.29 is 28.7 Å². The van der Waals surface area contributed by atoms with E-state index in [9.17, 15) is 19.7 Å². The van der Waals surface area contributed by atoms with Crippen LogP contribution in [0.1, 0.15) is 36.0 Å². The van der Waals surface area contributed by atoms with Gasteiger partial charge >= 0.3 is 5.97 Å². The highest BCUT2D eigenvalue weighted by atomic mass is 16.7. The minimum Gasteiger partial charge on any atom is -0.452 e. The van der Waals surface area contributed by atoms with Crippen LogP contribution in [-0.2, 0) is 9.53 Å². The van der Waals surface area contributed by atoms with Gasteiger partial charge in [-0.25, -0.2) is 4.79 Å². The Hall–Kier alpha value is -3.82. The highest BCUT2D eigenvalue weighted by Gasteiger charge is 2.44. The Labute approximate surface area is 177 Å². The Bertz CT molecular complexity index is 1050. The predicted octanol–water partition coefficient (Wildman–Crippen LogP) is 3.47. The number of carbonyl (C=O) groups excluding carboxylic acids is 2. The fourth-order valence-corrected chi connectivity index (χ4v) is 3.73. The molecule has 1 heterocycles. The van der Waals surface area contributed by atoms with Crippen molar-refractivity contribution in [1.29, 1.82) is 0 Å². The molecule has 0 bridgehead atoms. The smallest absolute Gasteiger partial charge is 0.341 e. The number of esters is 1. The molecule has 2 N–H and O–H groups in total. The number of amides is 1. The number of fused-ring (bicyclic) bond motifs is 1. The third-order valence-corrected chi connectivity index (χ3v) is 5.22. The van der Waals surface area contributed by atoms with Crippen LogP contribution in [0.25, 0.3) is 0 Å². The normalized spacial score (nSPS) is 15.5. The standard InChI is InChI=1S/C21H21N3O7/c1-22-16-6-5-14(24(27)28)11-15(16)20(26)29-12-19(25)23-13-4-7-17-18(10-13)31-21(30-17)8-2-3-9-21/h4-7,10-11,22H,2-3,8-9,12H2,1H3,(H,23,25). The lowest BCUT2D eigenvalue weighted by atomic mass is 10.1. The molecule has 0 aromatic heterocycles. The van der Waals surface area contributed by atoms with E-state index in [0.717, 1.165) is 31.7 Å². The second-order valence-electron chi connectivity index (χ2n) is 7.34. The maximum absolute atomic E-state index is 12.4. The van der Waals surface area contributed by atoms with E-state index in [2.05, 4.69) is 10.6 Å². The highest BCUT2D eigenvalue weighted by Crippen LogP contribution is 2.47. The molecule has 1 spiro atoms. The van der Waals surface area contributed by atoms with Crippen molar-refractivity contribution >= 4 is 28.9 Å². The van der Waals surface area contributed by atoms with Gasteiger partial charge in [0, 0.05) is 49.5 Å². The topological polar surface area (TPSA) is 129 Å². The molecule has 1 aliphatic carbocycles. The van der Waals surface area contributed by atoms with Crippen molar-refractivity contribution in [2.75, 3.05) is 24.3 Å². The lowest BCUT2D eigenvalue weighted by molar-refractivity contribution is -0.384. The highest BCUT2D eigenvalue weighted by molar-refractivity contribution is 5.99. The number of nitrogens with one attached hydrogen (secondary N) is 2. The molecule has 10 heteroatoms. The third-order valence-electron chi connectivity index (χ3n) is 5.22. The van der Waals surface area contributed by atoms with Gasteiger partial charge < -0.3 is 24.8 Å². The number of carbonyl (C=O) groups is 2. The zero-order valence-corrected chi connectivity index (χ0v) is 16.8. The summed E-state index contributed by atoms with van der Waals surface area (Å²) >= 11 is 0. The van der Waals surface area contributed by atoms with Crippen LogP contribution in [0.5, 0.6) is 11.5 Å². The lowest BCUT2D eigenvalue weighted by Gasteiger charge is -2.21. The van der Waals surface area contributed by atoms with Crippen molar-refractivity contribution in [2.45, 2.75) is 31.5 Å². The number of non-ortho nitro benzene ring substituents is 1. The molecule has 0 atom stereocenters. The number of anilines is 2. The van der Waals surface area contributed by atoms with Crippen molar-refractivity contribution in [3.05, 3.63) is 52.1 Å². The van der Waals surface area contributed by atoms with Gasteiger partial charge in [-0.15, -0.1) is 0 Å². The van der Waals surface area contributed by atoms with Crippen LogP contribution < -0.4 is 20.1 Å². The van der Waals surface area contributed by atoms with E-state index in [1.54, 1.807) is 25.2 Å². The van der Waals surface area contributed by atoms with E-state index < -0.39 is 29.2 Å². The van der Waals surface area contributed by atoms with Crippen LogP contribution in [0, 0.1) is 10.1 Å². The van der Waals surface area contributed by atoms with E-state index in [0.29, 0.717) is 22.9 Å². The van der Waals surface area contributed by atoms with Crippen LogP contribution in [0.4, 0.5) is 17.1 Å². The average Bonchev–Trinajstić information content (AvgIpc) is 3.36. The lowest BCUT2D eigenvalue weighted by Crippen LogP contribution is -2.34. The van der Waals surface area contributed by atoms with Crippen molar-refractivity contribution in [1.82, 2.24) is 0 Å². The Morgan fingerprint density at radius 3 is 2.58 bits per heavy atom.